The van der Waals surface area contributed by atoms with Crippen LogP contribution < -0.4 is 5.32 Å². The molecule has 2 aliphatic rings. The highest BCUT2D eigenvalue weighted by atomic mass is 19.4. The Balaban J connectivity index is 1.72. The van der Waals surface area contributed by atoms with Crippen molar-refractivity contribution in [3.63, 3.8) is 0 Å². The summed E-state index contributed by atoms with van der Waals surface area (Å²) in [5.74, 6) is -1.11. The SMILES string of the molecule is FC(F)(F)C1CCCN(CCC2CCCCN2)C1. The Morgan fingerprint density at radius 2 is 1.94 bits per heavy atom. The van der Waals surface area contributed by atoms with Crippen LogP contribution in [0.3, 0.4) is 0 Å². The summed E-state index contributed by atoms with van der Waals surface area (Å²) in [5, 5.41) is 3.45. The molecule has 0 amide bonds. The third kappa shape index (κ3) is 4.12. The first-order valence-electron chi connectivity index (χ1n) is 7.08. The first-order valence-corrected chi connectivity index (χ1v) is 7.08. The van der Waals surface area contributed by atoms with E-state index in [1.807, 2.05) is 4.90 Å². The molecule has 0 aromatic heterocycles. The Labute approximate surface area is 107 Å². The normalized spacial score (nSPS) is 31.5. The van der Waals surface area contributed by atoms with Gasteiger partial charge in [-0.2, -0.15) is 13.2 Å². The van der Waals surface area contributed by atoms with E-state index in [2.05, 4.69) is 5.32 Å². The number of nitrogens with zero attached hydrogens (tertiary/aromatic N) is 1. The monoisotopic (exact) mass is 264 g/mol. The van der Waals surface area contributed by atoms with Gasteiger partial charge in [-0.05, 0) is 51.7 Å². The van der Waals surface area contributed by atoms with Crippen molar-refractivity contribution in [2.75, 3.05) is 26.2 Å². The van der Waals surface area contributed by atoms with Crippen molar-refractivity contribution in [3.05, 3.63) is 0 Å². The molecular formula is C13H23F3N2. The molecule has 106 valence electrons. The maximum Gasteiger partial charge on any atom is 0.393 e. The summed E-state index contributed by atoms with van der Waals surface area (Å²) >= 11 is 0. The molecule has 2 rings (SSSR count). The van der Waals surface area contributed by atoms with Crippen LogP contribution in [0.4, 0.5) is 13.2 Å². The molecular weight excluding hydrogens is 241 g/mol. The summed E-state index contributed by atoms with van der Waals surface area (Å²) in [6.07, 6.45) is 1.63. The fourth-order valence-corrected chi connectivity index (χ4v) is 3.03. The Bertz CT molecular complexity index is 249. The van der Waals surface area contributed by atoms with Crippen LogP contribution in [-0.2, 0) is 0 Å². The van der Waals surface area contributed by atoms with Crippen LogP contribution in [0.5, 0.6) is 0 Å². The molecule has 18 heavy (non-hydrogen) atoms. The van der Waals surface area contributed by atoms with E-state index in [0.29, 0.717) is 18.9 Å². The molecule has 0 radical (unpaired) electrons. The first kappa shape index (κ1) is 14.1. The number of alkyl halides is 3. The molecule has 1 N–H and O–H groups in total. The van der Waals surface area contributed by atoms with Crippen molar-refractivity contribution in [2.24, 2.45) is 5.92 Å². The zero-order valence-electron chi connectivity index (χ0n) is 10.8. The van der Waals surface area contributed by atoms with Crippen molar-refractivity contribution in [3.8, 4) is 0 Å². The smallest absolute Gasteiger partial charge is 0.314 e. The minimum Gasteiger partial charge on any atom is -0.314 e. The van der Waals surface area contributed by atoms with Crippen LogP contribution in [0.15, 0.2) is 0 Å². The van der Waals surface area contributed by atoms with Crippen molar-refractivity contribution in [1.29, 1.82) is 0 Å². The molecule has 2 atom stereocenters. The van der Waals surface area contributed by atoms with Gasteiger partial charge in [0.05, 0.1) is 5.92 Å². The van der Waals surface area contributed by atoms with Crippen molar-refractivity contribution in [2.45, 2.75) is 50.7 Å². The Hall–Kier alpha value is -0.290. The summed E-state index contributed by atoms with van der Waals surface area (Å²) in [6.45, 7) is 2.91. The van der Waals surface area contributed by atoms with Gasteiger partial charge >= 0.3 is 6.18 Å². The van der Waals surface area contributed by atoms with E-state index in [1.165, 1.54) is 19.3 Å². The third-order valence-corrected chi connectivity index (χ3v) is 4.17. The fraction of sp³-hybridized carbons (Fsp3) is 1.00. The molecule has 2 saturated heterocycles. The predicted octanol–water partition coefficient (Wildman–Crippen LogP) is 2.79. The van der Waals surface area contributed by atoms with Crippen molar-refractivity contribution < 1.29 is 13.2 Å². The van der Waals surface area contributed by atoms with Crippen molar-refractivity contribution in [1.82, 2.24) is 10.2 Å². The molecule has 2 nitrogen and oxygen atoms in total. The Morgan fingerprint density at radius 1 is 1.11 bits per heavy atom. The highest BCUT2D eigenvalue weighted by Gasteiger charge is 2.41. The average molecular weight is 264 g/mol. The molecule has 0 aromatic rings. The van der Waals surface area contributed by atoms with Gasteiger partial charge in [0.15, 0.2) is 0 Å². The van der Waals surface area contributed by atoms with Crippen LogP contribution in [0.1, 0.15) is 38.5 Å². The highest BCUT2D eigenvalue weighted by Crippen LogP contribution is 2.33. The molecule has 2 aliphatic heterocycles. The lowest BCUT2D eigenvalue weighted by Gasteiger charge is -2.35. The number of rotatable bonds is 3. The molecule has 2 unspecified atom stereocenters. The lowest BCUT2D eigenvalue weighted by molar-refractivity contribution is -0.186. The zero-order valence-corrected chi connectivity index (χ0v) is 10.8. The maximum absolute atomic E-state index is 12.7. The Morgan fingerprint density at radius 3 is 2.61 bits per heavy atom. The molecule has 0 bridgehead atoms. The number of piperidine rings is 2. The van der Waals surface area contributed by atoms with E-state index in [4.69, 9.17) is 0 Å². The van der Waals surface area contributed by atoms with Crippen LogP contribution in [0.25, 0.3) is 0 Å². The lowest BCUT2D eigenvalue weighted by Crippen LogP contribution is -2.44. The zero-order chi connectivity index (χ0) is 13.0. The average Bonchev–Trinajstić information content (AvgIpc) is 2.37. The van der Waals surface area contributed by atoms with Gasteiger partial charge in [-0.3, -0.25) is 0 Å². The molecule has 5 heteroatoms. The summed E-state index contributed by atoms with van der Waals surface area (Å²) < 4.78 is 38.0. The summed E-state index contributed by atoms with van der Waals surface area (Å²) in [6, 6.07) is 0.519. The maximum atomic E-state index is 12.7. The number of hydrogen-bond donors (Lipinski definition) is 1. The summed E-state index contributed by atoms with van der Waals surface area (Å²) in [7, 11) is 0. The number of nitrogens with one attached hydrogen (secondary N) is 1. The summed E-state index contributed by atoms with van der Waals surface area (Å²) in [5.41, 5.74) is 0. The van der Waals surface area contributed by atoms with Gasteiger partial charge in [0.25, 0.3) is 0 Å². The van der Waals surface area contributed by atoms with Crippen LogP contribution in [0, 0.1) is 5.92 Å². The lowest BCUT2D eigenvalue weighted by atomic mass is 9.96. The Kier molecular flexibility index (Phi) is 4.90. The molecule has 2 heterocycles. The van der Waals surface area contributed by atoms with Gasteiger partial charge in [0.2, 0.25) is 0 Å². The highest BCUT2D eigenvalue weighted by molar-refractivity contribution is 4.80. The standard InChI is InChI=1S/C13H23F3N2/c14-13(15,16)11-4-3-8-18(10-11)9-6-12-5-1-2-7-17-12/h11-12,17H,1-10H2. The predicted molar refractivity (Wildman–Crippen MR) is 65.5 cm³/mol. The number of hydrogen-bond acceptors (Lipinski definition) is 2. The fourth-order valence-electron chi connectivity index (χ4n) is 3.03. The van der Waals surface area contributed by atoms with Gasteiger partial charge in [-0.25, -0.2) is 0 Å². The van der Waals surface area contributed by atoms with Crippen LogP contribution >= 0.6 is 0 Å². The third-order valence-electron chi connectivity index (χ3n) is 4.17. The molecule has 0 aromatic carbocycles. The first-order chi connectivity index (χ1) is 8.55. The molecule has 0 saturated carbocycles. The second kappa shape index (κ2) is 6.24. The van der Waals surface area contributed by atoms with Gasteiger partial charge in [-0.1, -0.05) is 6.42 Å². The van der Waals surface area contributed by atoms with E-state index >= 15 is 0 Å². The van der Waals surface area contributed by atoms with Crippen molar-refractivity contribution >= 4 is 0 Å². The van der Waals surface area contributed by atoms with Gasteiger partial charge in [0, 0.05) is 12.6 Å². The van der Waals surface area contributed by atoms with E-state index in [1.54, 1.807) is 0 Å². The molecule has 2 fully saturated rings. The number of halogens is 3. The number of likely N-dealkylation sites (tertiary alicyclic amines) is 1. The largest absolute Gasteiger partial charge is 0.393 e. The van der Waals surface area contributed by atoms with Gasteiger partial charge < -0.3 is 10.2 Å². The quantitative estimate of drug-likeness (QED) is 0.843. The molecule has 0 aliphatic carbocycles. The van der Waals surface area contributed by atoms with Gasteiger partial charge in [-0.15, -0.1) is 0 Å². The van der Waals surface area contributed by atoms with E-state index in [9.17, 15) is 13.2 Å². The second-order valence-electron chi connectivity index (χ2n) is 5.62. The van der Waals surface area contributed by atoms with E-state index < -0.39 is 12.1 Å². The topological polar surface area (TPSA) is 15.3 Å². The van der Waals surface area contributed by atoms with Crippen LogP contribution in [-0.4, -0.2) is 43.3 Å². The minimum atomic E-state index is -4.01. The van der Waals surface area contributed by atoms with Gasteiger partial charge in [0.1, 0.15) is 0 Å². The van der Waals surface area contributed by atoms with E-state index in [-0.39, 0.29) is 6.54 Å². The summed E-state index contributed by atoms with van der Waals surface area (Å²) in [4.78, 5) is 2.00. The second-order valence-corrected chi connectivity index (χ2v) is 5.62. The van der Waals surface area contributed by atoms with E-state index in [0.717, 1.165) is 26.1 Å². The minimum absolute atomic E-state index is 0.205. The molecule has 0 spiro atoms. The van der Waals surface area contributed by atoms with Crippen LogP contribution in [0.2, 0.25) is 0 Å².